The largest absolute Gasteiger partial charge is 0.506 e. The van der Waals surface area contributed by atoms with Gasteiger partial charge in [0.15, 0.2) is 10.8 Å². The van der Waals surface area contributed by atoms with Crippen molar-refractivity contribution >= 4 is 28.9 Å². The fourth-order valence-electron chi connectivity index (χ4n) is 4.40. The number of aromatic hydroxyl groups is 1. The highest BCUT2D eigenvalue weighted by Gasteiger charge is 2.49. The lowest BCUT2D eigenvalue weighted by molar-refractivity contribution is -0.0128. The third-order valence-electron chi connectivity index (χ3n) is 5.38. The minimum atomic E-state index is -0.647. The van der Waals surface area contributed by atoms with Crippen molar-refractivity contribution in [2.75, 3.05) is 0 Å². The average Bonchev–Trinajstić information content (AvgIpc) is 2.54. The number of benzene rings is 2. The van der Waals surface area contributed by atoms with E-state index in [2.05, 4.69) is 49.6 Å². The predicted octanol–water partition coefficient (Wildman–Crippen LogP) is 4.61. The molecule has 0 amide bonds. The highest BCUT2D eigenvalue weighted by Crippen LogP contribution is 2.49. The molecule has 4 nitrogen and oxygen atoms in total. The van der Waals surface area contributed by atoms with Crippen LogP contribution in [0, 0.1) is 6.92 Å². The fraction of sp³-hybridized carbons (Fsp3) is 0.381. The van der Waals surface area contributed by atoms with Gasteiger partial charge in [0.25, 0.3) is 0 Å². The third-order valence-corrected chi connectivity index (χ3v) is 5.89. The van der Waals surface area contributed by atoms with Crippen molar-refractivity contribution in [3.63, 3.8) is 0 Å². The van der Waals surface area contributed by atoms with Gasteiger partial charge in [0, 0.05) is 35.9 Å². The SMILES string of the molecule is Cc1ccccc1C1CC2(CC(C)(C)NC(=S)N2)Oc2cc(O)c(Cl)cc21. The van der Waals surface area contributed by atoms with Gasteiger partial charge in [-0.15, -0.1) is 0 Å². The zero-order valence-electron chi connectivity index (χ0n) is 15.6. The first kappa shape index (κ1) is 18.4. The summed E-state index contributed by atoms with van der Waals surface area (Å²) in [6, 6.07) is 11.8. The second kappa shape index (κ2) is 6.28. The Labute approximate surface area is 169 Å². The van der Waals surface area contributed by atoms with Gasteiger partial charge in [-0.25, -0.2) is 0 Å². The van der Waals surface area contributed by atoms with E-state index in [0.717, 1.165) is 18.4 Å². The third kappa shape index (κ3) is 3.34. The van der Waals surface area contributed by atoms with Crippen LogP contribution in [0.5, 0.6) is 11.5 Å². The summed E-state index contributed by atoms with van der Waals surface area (Å²) in [5.41, 5.74) is 2.58. The van der Waals surface area contributed by atoms with E-state index in [-0.39, 0.29) is 17.2 Å². The monoisotopic (exact) mass is 402 g/mol. The summed E-state index contributed by atoms with van der Waals surface area (Å²) in [6.45, 7) is 6.34. The second-order valence-corrected chi connectivity index (χ2v) is 9.01. The van der Waals surface area contributed by atoms with Crippen LogP contribution in [0.25, 0.3) is 0 Å². The van der Waals surface area contributed by atoms with Gasteiger partial charge >= 0.3 is 0 Å². The Balaban J connectivity index is 1.87. The number of hydrogen-bond donors (Lipinski definition) is 3. The number of phenolic OH excluding ortho intramolecular Hbond substituents is 1. The lowest BCUT2D eigenvalue weighted by Gasteiger charge is -2.50. The molecule has 0 radical (unpaired) electrons. The molecular weight excluding hydrogens is 380 g/mol. The van der Waals surface area contributed by atoms with Crippen LogP contribution in [0.15, 0.2) is 36.4 Å². The van der Waals surface area contributed by atoms with Crippen molar-refractivity contribution in [2.24, 2.45) is 0 Å². The lowest BCUT2D eigenvalue weighted by Crippen LogP contribution is -2.69. The Morgan fingerprint density at radius 3 is 2.63 bits per heavy atom. The van der Waals surface area contributed by atoms with E-state index in [1.165, 1.54) is 11.1 Å². The van der Waals surface area contributed by atoms with E-state index in [1.54, 1.807) is 6.07 Å². The van der Waals surface area contributed by atoms with Gasteiger partial charge in [0.05, 0.1) is 5.02 Å². The maximum atomic E-state index is 10.2. The van der Waals surface area contributed by atoms with Crippen molar-refractivity contribution in [1.29, 1.82) is 0 Å². The number of aryl methyl sites for hydroxylation is 1. The number of hydrogen-bond acceptors (Lipinski definition) is 3. The van der Waals surface area contributed by atoms with Gasteiger partial charge in [-0.1, -0.05) is 35.9 Å². The number of halogens is 1. The molecule has 0 bridgehead atoms. The summed E-state index contributed by atoms with van der Waals surface area (Å²) >= 11 is 11.7. The molecular formula is C21H23ClN2O2S. The number of thiocarbonyl (C=S) groups is 1. The Morgan fingerprint density at radius 2 is 1.93 bits per heavy atom. The van der Waals surface area contributed by atoms with Crippen LogP contribution in [0.2, 0.25) is 5.02 Å². The minimum Gasteiger partial charge on any atom is -0.506 e. The van der Waals surface area contributed by atoms with Crippen LogP contribution in [0.3, 0.4) is 0 Å². The summed E-state index contributed by atoms with van der Waals surface area (Å²) in [4.78, 5) is 0. The Hall–Kier alpha value is -1.98. The van der Waals surface area contributed by atoms with Crippen molar-refractivity contribution in [3.05, 3.63) is 58.1 Å². The molecule has 2 aromatic rings. The smallest absolute Gasteiger partial charge is 0.185 e. The maximum Gasteiger partial charge on any atom is 0.185 e. The number of rotatable bonds is 1. The molecule has 2 unspecified atom stereocenters. The average molecular weight is 403 g/mol. The first-order chi connectivity index (χ1) is 12.7. The van der Waals surface area contributed by atoms with Crippen LogP contribution < -0.4 is 15.4 Å². The number of fused-ring (bicyclic) bond motifs is 1. The molecule has 0 aromatic heterocycles. The number of phenols is 1. The fourth-order valence-corrected chi connectivity index (χ4v) is 5.03. The van der Waals surface area contributed by atoms with E-state index in [4.69, 9.17) is 28.6 Å². The Kier molecular flexibility index (Phi) is 4.28. The van der Waals surface area contributed by atoms with Crippen molar-refractivity contribution in [1.82, 2.24) is 10.6 Å². The summed E-state index contributed by atoms with van der Waals surface area (Å²) in [5.74, 6) is 0.744. The number of nitrogens with one attached hydrogen (secondary N) is 2. The first-order valence-corrected chi connectivity index (χ1v) is 9.84. The summed E-state index contributed by atoms with van der Waals surface area (Å²) in [7, 11) is 0. The van der Waals surface area contributed by atoms with Crippen molar-refractivity contribution in [3.8, 4) is 11.5 Å². The molecule has 2 aliphatic heterocycles. The summed E-state index contributed by atoms with van der Waals surface area (Å²) < 4.78 is 6.44. The van der Waals surface area contributed by atoms with Gasteiger partial charge < -0.3 is 20.5 Å². The Bertz CT molecular complexity index is 930. The molecule has 2 atom stereocenters. The molecule has 6 heteroatoms. The lowest BCUT2D eigenvalue weighted by atomic mass is 9.76. The molecule has 4 rings (SSSR count). The molecule has 1 fully saturated rings. The molecule has 2 aromatic carbocycles. The molecule has 1 spiro atoms. The molecule has 0 saturated carbocycles. The van der Waals surface area contributed by atoms with Crippen LogP contribution >= 0.6 is 23.8 Å². The highest BCUT2D eigenvalue weighted by atomic mass is 35.5. The quantitative estimate of drug-likeness (QED) is 0.608. The normalized spacial score (nSPS) is 25.9. The predicted molar refractivity (Wildman–Crippen MR) is 112 cm³/mol. The molecule has 0 aliphatic carbocycles. The maximum absolute atomic E-state index is 10.2. The van der Waals surface area contributed by atoms with Gasteiger partial charge in [0.2, 0.25) is 0 Å². The Morgan fingerprint density at radius 1 is 1.19 bits per heavy atom. The highest BCUT2D eigenvalue weighted by molar-refractivity contribution is 7.80. The topological polar surface area (TPSA) is 53.5 Å². The molecule has 1 saturated heterocycles. The second-order valence-electron chi connectivity index (χ2n) is 8.19. The van der Waals surface area contributed by atoms with Crippen molar-refractivity contribution < 1.29 is 9.84 Å². The van der Waals surface area contributed by atoms with Crippen LogP contribution in [-0.4, -0.2) is 21.5 Å². The van der Waals surface area contributed by atoms with E-state index in [1.807, 2.05) is 12.1 Å². The zero-order chi connectivity index (χ0) is 19.4. The summed E-state index contributed by atoms with van der Waals surface area (Å²) in [6.07, 6.45) is 1.45. The van der Waals surface area contributed by atoms with E-state index in [9.17, 15) is 5.11 Å². The molecule has 3 N–H and O–H groups in total. The molecule has 2 aliphatic rings. The van der Waals surface area contributed by atoms with E-state index < -0.39 is 5.72 Å². The molecule has 2 heterocycles. The van der Waals surface area contributed by atoms with Crippen LogP contribution in [0.4, 0.5) is 0 Å². The molecule has 27 heavy (non-hydrogen) atoms. The van der Waals surface area contributed by atoms with Gasteiger partial charge in [-0.2, -0.15) is 0 Å². The number of ether oxygens (including phenoxy) is 1. The van der Waals surface area contributed by atoms with Gasteiger partial charge in [-0.3, -0.25) is 0 Å². The minimum absolute atomic E-state index is 0.0202. The van der Waals surface area contributed by atoms with Crippen LogP contribution in [-0.2, 0) is 0 Å². The summed E-state index contributed by atoms with van der Waals surface area (Å²) in [5, 5.41) is 17.7. The van der Waals surface area contributed by atoms with Gasteiger partial charge in [-0.05, 0) is 50.2 Å². The van der Waals surface area contributed by atoms with E-state index in [0.29, 0.717) is 15.9 Å². The first-order valence-electron chi connectivity index (χ1n) is 9.05. The molecule has 142 valence electrons. The van der Waals surface area contributed by atoms with E-state index >= 15 is 0 Å². The van der Waals surface area contributed by atoms with Crippen LogP contribution in [0.1, 0.15) is 49.3 Å². The zero-order valence-corrected chi connectivity index (χ0v) is 17.2. The van der Waals surface area contributed by atoms with Gasteiger partial charge in [0.1, 0.15) is 11.5 Å². The standard InChI is InChI=1S/C21H23ClN2O2S/c1-12-6-4-5-7-13(12)15-10-21(11-20(2,3)23-19(27)24-21)26-18-9-17(25)16(22)8-14(15)18/h4-9,15,25H,10-11H2,1-3H3,(H2,23,24,27). The van der Waals surface area contributed by atoms with Crippen molar-refractivity contribution in [2.45, 2.75) is 50.8 Å².